The van der Waals surface area contributed by atoms with Crippen LogP contribution in [0.25, 0.3) is 11.0 Å². The molecule has 0 atom stereocenters. The van der Waals surface area contributed by atoms with Crippen molar-refractivity contribution in [2.45, 2.75) is 13.2 Å². The Morgan fingerprint density at radius 3 is 2.74 bits per heavy atom. The Balaban J connectivity index is 2.09. The summed E-state index contributed by atoms with van der Waals surface area (Å²) in [7, 11) is 0. The van der Waals surface area contributed by atoms with Crippen LogP contribution in [0.4, 0.5) is 0 Å². The van der Waals surface area contributed by atoms with Crippen molar-refractivity contribution in [1.82, 2.24) is 9.55 Å². The minimum atomic E-state index is -0.180. The van der Waals surface area contributed by atoms with Crippen molar-refractivity contribution in [3.8, 4) is 0 Å². The van der Waals surface area contributed by atoms with E-state index in [1.165, 1.54) is 6.20 Å². The van der Waals surface area contributed by atoms with Crippen LogP contribution in [0.5, 0.6) is 0 Å². The van der Waals surface area contributed by atoms with E-state index in [1.54, 1.807) is 16.7 Å². The molecule has 5 heteroatoms. The van der Waals surface area contributed by atoms with Gasteiger partial charge in [0.25, 0.3) is 5.56 Å². The number of aliphatic hydroxyl groups is 1. The molecule has 96 valence electrons. The molecule has 0 saturated carbocycles. The van der Waals surface area contributed by atoms with Crippen LogP contribution in [-0.2, 0) is 13.2 Å². The van der Waals surface area contributed by atoms with E-state index in [4.69, 9.17) is 9.52 Å². The Bertz CT molecular complexity index is 773. The summed E-state index contributed by atoms with van der Waals surface area (Å²) in [6, 6.07) is 10.9. The molecule has 2 aromatic heterocycles. The number of benzene rings is 1. The van der Waals surface area contributed by atoms with Gasteiger partial charge in [-0.1, -0.05) is 12.1 Å². The van der Waals surface area contributed by atoms with Gasteiger partial charge in [-0.05, 0) is 24.3 Å². The average molecular weight is 256 g/mol. The summed E-state index contributed by atoms with van der Waals surface area (Å²) < 4.78 is 7.01. The van der Waals surface area contributed by atoms with Crippen molar-refractivity contribution in [1.29, 1.82) is 0 Å². The van der Waals surface area contributed by atoms with Gasteiger partial charge in [0.15, 0.2) is 0 Å². The quantitative estimate of drug-likeness (QED) is 0.771. The minimum absolute atomic E-state index is 0.147. The summed E-state index contributed by atoms with van der Waals surface area (Å²) in [6.45, 7) is 0.174. The molecule has 0 spiro atoms. The molecule has 3 rings (SSSR count). The summed E-state index contributed by atoms with van der Waals surface area (Å²) in [6.07, 6.45) is 1.30. The van der Waals surface area contributed by atoms with Crippen LogP contribution in [0.1, 0.15) is 11.5 Å². The summed E-state index contributed by atoms with van der Waals surface area (Å²) in [5.41, 5.74) is 1.34. The maximum atomic E-state index is 11.9. The van der Waals surface area contributed by atoms with Gasteiger partial charge >= 0.3 is 0 Å². The molecule has 0 radical (unpaired) electrons. The first-order valence-electron chi connectivity index (χ1n) is 5.91. The highest BCUT2D eigenvalue weighted by atomic mass is 16.4. The third-order valence-electron chi connectivity index (χ3n) is 2.94. The predicted molar refractivity (Wildman–Crippen MR) is 69.7 cm³/mol. The predicted octanol–water partition coefficient (Wildman–Crippen LogP) is 1.53. The van der Waals surface area contributed by atoms with Gasteiger partial charge in [-0.25, -0.2) is 4.98 Å². The minimum Gasteiger partial charge on any atom is -0.462 e. The Kier molecular flexibility index (Phi) is 2.89. The fourth-order valence-electron chi connectivity index (χ4n) is 2.03. The van der Waals surface area contributed by atoms with Crippen LogP contribution < -0.4 is 5.56 Å². The van der Waals surface area contributed by atoms with E-state index in [1.807, 2.05) is 24.3 Å². The smallest absolute Gasteiger partial charge is 0.269 e. The van der Waals surface area contributed by atoms with Crippen molar-refractivity contribution in [2.24, 2.45) is 0 Å². The van der Waals surface area contributed by atoms with E-state index in [0.717, 1.165) is 11.0 Å². The van der Waals surface area contributed by atoms with Gasteiger partial charge in [0, 0.05) is 0 Å². The summed E-state index contributed by atoms with van der Waals surface area (Å²) in [4.78, 5) is 16.0. The maximum Gasteiger partial charge on any atom is 0.269 e. The first kappa shape index (κ1) is 11.7. The van der Waals surface area contributed by atoms with Crippen LogP contribution >= 0.6 is 0 Å². The van der Waals surface area contributed by atoms with E-state index in [9.17, 15) is 4.79 Å². The molecule has 0 unspecified atom stereocenters. The fraction of sp³-hybridized carbons (Fsp3) is 0.143. The number of aliphatic hydroxyl groups excluding tert-OH is 1. The van der Waals surface area contributed by atoms with E-state index in [2.05, 4.69) is 4.98 Å². The highest BCUT2D eigenvalue weighted by Crippen LogP contribution is 2.13. The third-order valence-corrected chi connectivity index (χ3v) is 2.94. The summed E-state index contributed by atoms with van der Waals surface area (Å²) in [5.74, 6) is 1.11. The molecule has 0 aliphatic rings. The van der Waals surface area contributed by atoms with E-state index >= 15 is 0 Å². The number of para-hydroxylation sites is 2. The van der Waals surface area contributed by atoms with Crippen molar-refractivity contribution in [3.05, 3.63) is 64.5 Å². The number of hydrogen-bond donors (Lipinski definition) is 1. The molecule has 0 bridgehead atoms. The molecule has 2 heterocycles. The van der Waals surface area contributed by atoms with Crippen molar-refractivity contribution in [3.63, 3.8) is 0 Å². The zero-order chi connectivity index (χ0) is 13.2. The Morgan fingerprint density at radius 1 is 1.16 bits per heavy atom. The molecule has 0 amide bonds. The molecule has 0 aliphatic carbocycles. The third kappa shape index (κ3) is 2.15. The van der Waals surface area contributed by atoms with Crippen molar-refractivity contribution < 1.29 is 9.52 Å². The second-order valence-corrected chi connectivity index (χ2v) is 4.20. The number of nitrogens with zero attached hydrogens (tertiary/aromatic N) is 2. The van der Waals surface area contributed by atoms with Gasteiger partial charge < -0.3 is 9.52 Å². The van der Waals surface area contributed by atoms with Gasteiger partial charge in [0.1, 0.15) is 18.1 Å². The molecule has 3 aromatic rings. The number of aromatic nitrogens is 2. The molecule has 0 fully saturated rings. The highest BCUT2D eigenvalue weighted by Gasteiger charge is 2.07. The van der Waals surface area contributed by atoms with Crippen LogP contribution in [0.15, 0.2) is 51.8 Å². The SMILES string of the molecule is O=c1cnc2ccccc2n1Cc1ccc(CO)o1. The van der Waals surface area contributed by atoms with Crippen LogP contribution in [0, 0.1) is 0 Å². The van der Waals surface area contributed by atoms with Crippen molar-refractivity contribution >= 4 is 11.0 Å². The lowest BCUT2D eigenvalue weighted by Crippen LogP contribution is -2.20. The van der Waals surface area contributed by atoms with E-state index in [-0.39, 0.29) is 12.2 Å². The van der Waals surface area contributed by atoms with Crippen LogP contribution in [0.2, 0.25) is 0 Å². The lowest BCUT2D eigenvalue weighted by Gasteiger charge is -2.07. The van der Waals surface area contributed by atoms with Crippen LogP contribution in [0.3, 0.4) is 0 Å². The molecule has 0 saturated heterocycles. The lowest BCUT2D eigenvalue weighted by molar-refractivity contribution is 0.243. The number of hydrogen-bond acceptors (Lipinski definition) is 4. The van der Waals surface area contributed by atoms with E-state index in [0.29, 0.717) is 18.1 Å². The second-order valence-electron chi connectivity index (χ2n) is 4.20. The zero-order valence-electron chi connectivity index (χ0n) is 10.1. The fourth-order valence-corrected chi connectivity index (χ4v) is 2.03. The maximum absolute atomic E-state index is 11.9. The number of rotatable bonds is 3. The highest BCUT2D eigenvalue weighted by molar-refractivity contribution is 5.74. The van der Waals surface area contributed by atoms with Gasteiger partial charge in [0.2, 0.25) is 0 Å². The summed E-state index contributed by atoms with van der Waals surface area (Å²) >= 11 is 0. The first-order chi connectivity index (χ1) is 9.28. The molecular formula is C14H12N2O3. The van der Waals surface area contributed by atoms with Gasteiger partial charge in [-0.3, -0.25) is 9.36 Å². The van der Waals surface area contributed by atoms with Gasteiger partial charge in [0.05, 0.1) is 23.8 Å². The topological polar surface area (TPSA) is 68.3 Å². The number of furan rings is 1. The standard InChI is InChI=1S/C14H12N2O3/c17-9-11-6-5-10(19-11)8-16-13-4-2-1-3-12(13)15-7-14(16)18/h1-7,17H,8-9H2. The Hall–Kier alpha value is -2.40. The molecule has 5 nitrogen and oxygen atoms in total. The monoisotopic (exact) mass is 256 g/mol. The Morgan fingerprint density at radius 2 is 1.95 bits per heavy atom. The molecule has 0 aliphatic heterocycles. The Labute approximate surface area is 108 Å². The van der Waals surface area contributed by atoms with Gasteiger partial charge in [-0.2, -0.15) is 0 Å². The largest absolute Gasteiger partial charge is 0.462 e. The van der Waals surface area contributed by atoms with E-state index < -0.39 is 0 Å². The van der Waals surface area contributed by atoms with Crippen molar-refractivity contribution in [2.75, 3.05) is 0 Å². The lowest BCUT2D eigenvalue weighted by atomic mass is 10.3. The van der Waals surface area contributed by atoms with Gasteiger partial charge in [-0.15, -0.1) is 0 Å². The summed E-state index contributed by atoms with van der Waals surface area (Å²) in [5, 5.41) is 8.97. The first-order valence-corrected chi connectivity index (χ1v) is 5.91. The molecule has 1 N–H and O–H groups in total. The molecular weight excluding hydrogens is 244 g/mol. The normalized spacial score (nSPS) is 11.0. The zero-order valence-corrected chi connectivity index (χ0v) is 10.1. The number of fused-ring (bicyclic) bond motifs is 1. The average Bonchev–Trinajstić information content (AvgIpc) is 2.90. The molecule has 1 aromatic carbocycles. The van der Waals surface area contributed by atoms with Crippen LogP contribution in [-0.4, -0.2) is 14.7 Å². The second kappa shape index (κ2) is 4.70. The molecule has 19 heavy (non-hydrogen) atoms.